The van der Waals surface area contributed by atoms with E-state index in [0.29, 0.717) is 24.9 Å². The lowest BCUT2D eigenvalue weighted by molar-refractivity contribution is -0.139. The molecular formula is C18H26N2O6. The topological polar surface area (TPSA) is 114 Å². The smallest absolute Gasteiger partial charge is 0.408 e. The van der Waals surface area contributed by atoms with Gasteiger partial charge in [0.1, 0.15) is 11.6 Å². The van der Waals surface area contributed by atoms with Crippen LogP contribution in [0.2, 0.25) is 0 Å². The van der Waals surface area contributed by atoms with E-state index in [-0.39, 0.29) is 6.42 Å². The molecule has 0 aliphatic carbocycles. The van der Waals surface area contributed by atoms with Crippen LogP contribution < -0.4 is 10.8 Å². The van der Waals surface area contributed by atoms with Crippen LogP contribution in [-0.2, 0) is 14.4 Å². The molecule has 8 heteroatoms. The molecule has 0 saturated carbocycles. The molecule has 1 aromatic rings. The van der Waals surface area contributed by atoms with Gasteiger partial charge in [0.25, 0.3) is 0 Å². The first-order valence-electron chi connectivity index (χ1n) is 8.40. The summed E-state index contributed by atoms with van der Waals surface area (Å²) in [5.41, 5.74) is 2.29. The van der Waals surface area contributed by atoms with Gasteiger partial charge < -0.3 is 20.0 Å². The Morgan fingerprint density at radius 1 is 1.12 bits per heavy atom. The molecule has 1 unspecified atom stereocenters. The lowest BCUT2D eigenvalue weighted by Crippen LogP contribution is -2.43. The van der Waals surface area contributed by atoms with Crippen molar-refractivity contribution in [1.29, 1.82) is 0 Å². The van der Waals surface area contributed by atoms with Crippen molar-refractivity contribution < 1.29 is 29.1 Å². The molecule has 8 nitrogen and oxygen atoms in total. The molecule has 144 valence electrons. The molecule has 3 N–H and O–H groups in total. The predicted molar refractivity (Wildman–Crippen MR) is 94.5 cm³/mol. The van der Waals surface area contributed by atoms with Crippen molar-refractivity contribution in [2.24, 2.45) is 0 Å². The highest BCUT2D eigenvalue weighted by Gasteiger charge is 2.23. The lowest BCUT2D eigenvalue weighted by Gasteiger charge is -2.22. The second kappa shape index (κ2) is 10.4. The summed E-state index contributed by atoms with van der Waals surface area (Å²) < 4.78 is 5.05. The Balaban J connectivity index is 2.24. The molecule has 0 aromatic heterocycles. The van der Waals surface area contributed by atoms with Crippen LogP contribution >= 0.6 is 0 Å². The number of carboxylic acids is 1. The van der Waals surface area contributed by atoms with Crippen molar-refractivity contribution in [2.75, 3.05) is 6.54 Å². The third-order valence-corrected chi connectivity index (χ3v) is 3.19. The molecule has 1 amide bonds. The van der Waals surface area contributed by atoms with Crippen molar-refractivity contribution in [2.45, 2.75) is 51.7 Å². The number of ether oxygens (including phenoxy) is 1. The van der Waals surface area contributed by atoms with E-state index in [0.717, 1.165) is 0 Å². The average Bonchev–Trinajstić information content (AvgIpc) is 2.55. The quantitative estimate of drug-likeness (QED) is 0.454. The van der Waals surface area contributed by atoms with Crippen LogP contribution in [0.3, 0.4) is 0 Å². The number of amides is 1. The van der Waals surface area contributed by atoms with Crippen LogP contribution in [0, 0.1) is 0 Å². The number of carboxylic acid groups (broad SMARTS) is 1. The number of alkyl carbamates (subject to hydrolysis) is 1. The maximum absolute atomic E-state index is 11.7. The maximum Gasteiger partial charge on any atom is 0.408 e. The fourth-order valence-corrected chi connectivity index (χ4v) is 2.00. The Bertz CT molecular complexity index is 597. The van der Waals surface area contributed by atoms with Gasteiger partial charge in [0.05, 0.1) is 5.56 Å². The van der Waals surface area contributed by atoms with Gasteiger partial charge in [0.15, 0.2) is 0 Å². The summed E-state index contributed by atoms with van der Waals surface area (Å²) in [6.07, 6.45) is 0.563. The molecule has 26 heavy (non-hydrogen) atoms. The van der Waals surface area contributed by atoms with Crippen LogP contribution in [-0.4, -0.2) is 41.3 Å². The number of rotatable bonds is 9. The molecule has 1 rings (SSSR count). The molecule has 0 bridgehead atoms. The van der Waals surface area contributed by atoms with Crippen LogP contribution in [0.15, 0.2) is 30.3 Å². The van der Waals surface area contributed by atoms with Gasteiger partial charge in [-0.1, -0.05) is 18.2 Å². The zero-order valence-corrected chi connectivity index (χ0v) is 15.3. The minimum Gasteiger partial charge on any atom is -0.480 e. The molecule has 0 radical (unpaired) electrons. The Kier molecular flexibility index (Phi) is 8.57. The maximum atomic E-state index is 11.7. The summed E-state index contributed by atoms with van der Waals surface area (Å²) in [6, 6.07) is 7.53. The van der Waals surface area contributed by atoms with Gasteiger partial charge in [-0.15, -0.1) is 0 Å². The number of hydroxylamine groups is 1. The van der Waals surface area contributed by atoms with E-state index in [1.54, 1.807) is 51.1 Å². The van der Waals surface area contributed by atoms with Gasteiger partial charge in [-0.05, 0) is 52.2 Å². The second-order valence-electron chi connectivity index (χ2n) is 6.68. The highest BCUT2D eigenvalue weighted by molar-refractivity contribution is 5.89. The van der Waals surface area contributed by atoms with Crippen molar-refractivity contribution in [3.05, 3.63) is 35.9 Å². The molecular weight excluding hydrogens is 340 g/mol. The van der Waals surface area contributed by atoms with Crippen molar-refractivity contribution in [3.8, 4) is 0 Å². The number of nitrogens with one attached hydrogen (secondary N) is 2. The van der Waals surface area contributed by atoms with Gasteiger partial charge in [-0.25, -0.2) is 14.4 Å². The Morgan fingerprint density at radius 2 is 1.77 bits per heavy atom. The van der Waals surface area contributed by atoms with Crippen LogP contribution in [0.1, 0.15) is 50.4 Å². The number of carbonyl (C=O) groups excluding carboxylic acids is 2. The highest BCUT2D eigenvalue weighted by Crippen LogP contribution is 2.08. The summed E-state index contributed by atoms with van der Waals surface area (Å²) in [6.45, 7) is 5.47. The fourth-order valence-electron chi connectivity index (χ4n) is 2.00. The second-order valence-corrected chi connectivity index (χ2v) is 6.68. The van der Waals surface area contributed by atoms with Crippen molar-refractivity contribution in [1.82, 2.24) is 10.8 Å². The van der Waals surface area contributed by atoms with E-state index in [2.05, 4.69) is 10.8 Å². The molecule has 1 aromatic carbocycles. The van der Waals surface area contributed by atoms with Gasteiger partial charge in [0, 0.05) is 6.54 Å². The molecule has 1 atom stereocenters. The Morgan fingerprint density at radius 3 is 2.35 bits per heavy atom. The molecule has 0 fully saturated rings. The van der Waals surface area contributed by atoms with Gasteiger partial charge >= 0.3 is 18.0 Å². The van der Waals surface area contributed by atoms with E-state index < -0.39 is 29.7 Å². The van der Waals surface area contributed by atoms with E-state index >= 15 is 0 Å². The van der Waals surface area contributed by atoms with Gasteiger partial charge in [-0.2, -0.15) is 5.48 Å². The van der Waals surface area contributed by atoms with E-state index in [9.17, 15) is 14.4 Å². The summed E-state index contributed by atoms with van der Waals surface area (Å²) in [7, 11) is 0. The first kappa shape index (κ1) is 21.4. The van der Waals surface area contributed by atoms with Crippen molar-refractivity contribution >= 4 is 18.0 Å². The molecule has 0 aliphatic rings. The number of unbranched alkanes of at least 4 members (excludes halogenated alkanes) is 1. The summed E-state index contributed by atoms with van der Waals surface area (Å²) in [4.78, 5) is 39.5. The zero-order valence-electron chi connectivity index (χ0n) is 15.3. The summed E-state index contributed by atoms with van der Waals surface area (Å²) in [5.74, 6) is -1.61. The van der Waals surface area contributed by atoms with Gasteiger partial charge in [-0.3, -0.25) is 0 Å². The monoisotopic (exact) mass is 366 g/mol. The number of hydrogen-bond donors (Lipinski definition) is 3. The van der Waals surface area contributed by atoms with E-state index in [1.165, 1.54) is 0 Å². The van der Waals surface area contributed by atoms with E-state index in [4.69, 9.17) is 14.7 Å². The van der Waals surface area contributed by atoms with E-state index in [1.807, 2.05) is 0 Å². The van der Waals surface area contributed by atoms with Crippen LogP contribution in [0.25, 0.3) is 0 Å². The SMILES string of the molecule is CC(C)(C)OC(=O)NC(CCCCNOC(=O)c1ccccc1)C(=O)O. The Labute approximate surface area is 152 Å². The predicted octanol–water partition coefficient (Wildman–Crippen LogP) is 2.50. The minimum atomic E-state index is -1.13. The summed E-state index contributed by atoms with van der Waals surface area (Å²) >= 11 is 0. The first-order chi connectivity index (χ1) is 12.2. The third-order valence-electron chi connectivity index (χ3n) is 3.19. The molecule has 0 aliphatic heterocycles. The van der Waals surface area contributed by atoms with Gasteiger partial charge in [0.2, 0.25) is 0 Å². The molecule has 0 saturated heterocycles. The zero-order chi connectivity index (χ0) is 19.6. The van der Waals surface area contributed by atoms with Crippen LogP contribution in [0.4, 0.5) is 4.79 Å². The summed E-state index contributed by atoms with van der Waals surface area (Å²) in [5, 5.41) is 11.5. The third kappa shape index (κ3) is 9.03. The van der Waals surface area contributed by atoms with Crippen LogP contribution in [0.5, 0.6) is 0 Å². The fraction of sp³-hybridized carbons (Fsp3) is 0.500. The number of carbonyl (C=O) groups is 3. The standard InChI is InChI=1S/C18H26N2O6/c1-18(2,3)25-17(24)20-14(15(21)22)11-7-8-12-19-26-16(23)13-9-5-4-6-10-13/h4-6,9-10,14,19H,7-8,11-12H2,1-3H3,(H,20,24)(H,21,22). The highest BCUT2D eigenvalue weighted by atomic mass is 16.7. The molecule has 0 heterocycles. The largest absolute Gasteiger partial charge is 0.480 e. The Hall–Kier alpha value is -2.61. The number of hydrogen-bond acceptors (Lipinski definition) is 6. The first-order valence-corrected chi connectivity index (χ1v) is 8.40. The normalized spacial score (nSPS) is 12.1. The number of benzene rings is 1. The average molecular weight is 366 g/mol. The number of aliphatic carboxylic acids is 1. The minimum absolute atomic E-state index is 0.239. The van der Waals surface area contributed by atoms with Crippen molar-refractivity contribution in [3.63, 3.8) is 0 Å². The molecule has 0 spiro atoms. The lowest BCUT2D eigenvalue weighted by atomic mass is 10.1.